The van der Waals surface area contributed by atoms with E-state index in [1.165, 1.54) is 11.0 Å². The lowest BCUT2D eigenvalue weighted by Gasteiger charge is -2.38. The Labute approximate surface area is 124 Å². The first-order chi connectivity index (χ1) is 10.1. The molecule has 0 fully saturated rings. The van der Waals surface area contributed by atoms with Gasteiger partial charge in [-0.05, 0) is 18.6 Å². The van der Waals surface area contributed by atoms with Crippen LogP contribution in [-0.2, 0) is 10.5 Å². The number of carbonyl (C=O) groups is 1. The Kier molecular flexibility index (Phi) is 3.35. The van der Waals surface area contributed by atoms with Crippen LogP contribution in [-0.4, -0.2) is 15.9 Å². The van der Waals surface area contributed by atoms with Gasteiger partial charge < -0.3 is 5.11 Å². The van der Waals surface area contributed by atoms with Gasteiger partial charge in [-0.2, -0.15) is 0 Å². The monoisotopic (exact) mass is 279 g/mol. The number of hydrogen-bond acceptors (Lipinski definition) is 2. The van der Waals surface area contributed by atoms with Crippen molar-refractivity contribution in [1.82, 2.24) is 4.90 Å². The van der Waals surface area contributed by atoms with E-state index in [-0.39, 0.29) is 11.9 Å². The molecule has 0 spiro atoms. The van der Waals surface area contributed by atoms with Gasteiger partial charge in [0.25, 0.3) is 0 Å². The molecule has 0 aromatic heterocycles. The van der Waals surface area contributed by atoms with Crippen molar-refractivity contribution in [3.8, 4) is 0 Å². The molecule has 2 aromatic rings. The SMILES string of the molecule is C[C@@H](c1ccccc1)N1C(=O)C=CC1(O)c1ccccc1. The number of nitrogens with zero attached hydrogens (tertiary/aromatic N) is 1. The molecule has 0 saturated heterocycles. The highest BCUT2D eigenvalue weighted by Gasteiger charge is 2.43. The van der Waals surface area contributed by atoms with Crippen molar-refractivity contribution in [3.05, 3.63) is 83.9 Å². The minimum absolute atomic E-state index is 0.183. The zero-order chi connectivity index (χ0) is 14.9. The summed E-state index contributed by atoms with van der Waals surface area (Å²) in [7, 11) is 0. The van der Waals surface area contributed by atoms with Crippen molar-refractivity contribution in [2.75, 3.05) is 0 Å². The van der Waals surface area contributed by atoms with Crippen LogP contribution in [0.2, 0.25) is 0 Å². The molecular weight excluding hydrogens is 262 g/mol. The predicted molar refractivity (Wildman–Crippen MR) is 81.2 cm³/mol. The first-order valence-electron chi connectivity index (χ1n) is 6.98. The lowest BCUT2D eigenvalue weighted by molar-refractivity contribution is -0.148. The number of carbonyl (C=O) groups excluding carboxylic acids is 1. The van der Waals surface area contributed by atoms with Crippen LogP contribution < -0.4 is 0 Å². The number of amides is 1. The molecular formula is C18H17NO2. The summed E-state index contributed by atoms with van der Waals surface area (Å²) in [6.45, 7) is 1.92. The standard InChI is InChI=1S/C18H17NO2/c1-14(15-8-4-2-5-9-15)19-17(20)12-13-18(19,21)16-10-6-3-7-11-16/h2-14,21H,1H3/t14-,18?/m0/s1. The van der Waals surface area contributed by atoms with Crippen molar-refractivity contribution in [3.63, 3.8) is 0 Å². The van der Waals surface area contributed by atoms with Crippen LogP contribution in [0.3, 0.4) is 0 Å². The molecule has 0 radical (unpaired) electrons. The summed E-state index contributed by atoms with van der Waals surface area (Å²) in [5, 5.41) is 11.0. The lowest BCUT2D eigenvalue weighted by Crippen LogP contribution is -2.45. The van der Waals surface area contributed by atoms with E-state index in [4.69, 9.17) is 0 Å². The fourth-order valence-corrected chi connectivity index (χ4v) is 2.80. The topological polar surface area (TPSA) is 40.5 Å². The Balaban J connectivity index is 2.02. The van der Waals surface area contributed by atoms with Crippen LogP contribution in [0.15, 0.2) is 72.8 Å². The van der Waals surface area contributed by atoms with Gasteiger partial charge in [-0.15, -0.1) is 0 Å². The van der Waals surface area contributed by atoms with Crippen molar-refractivity contribution >= 4 is 5.91 Å². The molecule has 3 rings (SSSR count). The van der Waals surface area contributed by atoms with E-state index in [9.17, 15) is 9.90 Å². The van der Waals surface area contributed by atoms with Gasteiger partial charge in [-0.1, -0.05) is 60.7 Å². The maximum absolute atomic E-state index is 12.3. The zero-order valence-corrected chi connectivity index (χ0v) is 11.8. The van der Waals surface area contributed by atoms with Gasteiger partial charge in [-0.25, -0.2) is 0 Å². The van der Waals surface area contributed by atoms with Gasteiger partial charge in [0.05, 0.1) is 6.04 Å². The van der Waals surface area contributed by atoms with Gasteiger partial charge in [-0.3, -0.25) is 9.69 Å². The van der Waals surface area contributed by atoms with Crippen LogP contribution in [0.4, 0.5) is 0 Å². The lowest BCUT2D eigenvalue weighted by atomic mass is 9.99. The molecule has 0 aliphatic carbocycles. The van der Waals surface area contributed by atoms with E-state index in [0.29, 0.717) is 5.56 Å². The summed E-state index contributed by atoms with van der Waals surface area (Å²) in [6.07, 6.45) is 3.00. The van der Waals surface area contributed by atoms with Crippen LogP contribution in [0.1, 0.15) is 24.1 Å². The summed E-state index contributed by atoms with van der Waals surface area (Å²) in [5.41, 5.74) is 0.284. The fourth-order valence-electron chi connectivity index (χ4n) is 2.80. The smallest absolute Gasteiger partial charge is 0.249 e. The summed E-state index contributed by atoms with van der Waals surface area (Å²) in [4.78, 5) is 13.8. The number of hydrogen-bond donors (Lipinski definition) is 1. The molecule has 1 N–H and O–H groups in total. The second-order valence-electron chi connectivity index (χ2n) is 5.22. The van der Waals surface area contributed by atoms with Crippen molar-refractivity contribution in [2.24, 2.45) is 0 Å². The van der Waals surface area contributed by atoms with E-state index in [0.717, 1.165) is 5.56 Å². The third-order valence-electron chi connectivity index (χ3n) is 3.93. The Morgan fingerprint density at radius 2 is 1.57 bits per heavy atom. The Hall–Kier alpha value is -2.39. The molecule has 1 heterocycles. The van der Waals surface area contributed by atoms with Crippen LogP contribution >= 0.6 is 0 Å². The molecule has 3 heteroatoms. The molecule has 2 atom stereocenters. The summed E-state index contributed by atoms with van der Waals surface area (Å²) in [6, 6.07) is 18.7. The third kappa shape index (κ3) is 2.26. The molecule has 1 aliphatic heterocycles. The van der Waals surface area contributed by atoms with Gasteiger partial charge in [0.1, 0.15) is 0 Å². The Morgan fingerprint density at radius 1 is 1.00 bits per heavy atom. The number of benzene rings is 2. The Morgan fingerprint density at radius 3 is 2.19 bits per heavy atom. The molecule has 106 valence electrons. The second kappa shape index (κ2) is 5.19. The molecule has 1 amide bonds. The van der Waals surface area contributed by atoms with Gasteiger partial charge in [0.15, 0.2) is 5.72 Å². The number of rotatable bonds is 3. The quantitative estimate of drug-likeness (QED) is 0.938. The van der Waals surface area contributed by atoms with E-state index in [2.05, 4.69) is 0 Å². The first kappa shape index (κ1) is 13.6. The normalized spacial score (nSPS) is 22.6. The van der Waals surface area contributed by atoms with Crippen LogP contribution in [0.25, 0.3) is 0 Å². The maximum atomic E-state index is 12.3. The van der Waals surface area contributed by atoms with Crippen LogP contribution in [0, 0.1) is 0 Å². The molecule has 2 aromatic carbocycles. The summed E-state index contributed by atoms with van der Waals surface area (Å²) >= 11 is 0. The van der Waals surface area contributed by atoms with Crippen molar-refractivity contribution in [2.45, 2.75) is 18.7 Å². The average molecular weight is 279 g/mol. The largest absolute Gasteiger partial charge is 0.363 e. The van der Waals surface area contributed by atoms with Crippen molar-refractivity contribution < 1.29 is 9.90 Å². The molecule has 0 saturated carbocycles. The highest BCUT2D eigenvalue weighted by Crippen LogP contribution is 2.38. The zero-order valence-electron chi connectivity index (χ0n) is 11.8. The summed E-state index contributed by atoms with van der Waals surface area (Å²) < 4.78 is 0. The fraction of sp³-hybridized carbons (Fsp3) is 0.167. The highest BCUT2D eigenvalue weighted by atomic mass is 16.3. The van der Waals surface area contributed by atoms with Gasteiger partial charge in [0.2, 0.25) is 5.91 Å². The second-order valence-corrected chi connectivity index (χ2v) is 5.22. The van der Waals surface area contributed by atoms with E-state index < -0.39 is 5.72 Å². The van der Waals surface area contributed by atoms with Gasteiger partial charge in [0, 0.05) is 11.6 Å². The summed E-state index contributed by atoms with van der Waals surface area (Å²) in [5.74, 6) is -0.183. The Bertz CT molecular complexity index is 666. The molecule has 3 nitrogen and oxygen atoms in total. The minimum atomic E-state index is -1.40. The predicted octanol–water partition coefficient (Wildman–Crippen LogP) is 2.99. The van der Waals surface area contributed by atoms with E-state index in [1.54, 1.807) is 6.08 Å². The van der Waals surface area contributed by atoms with E-state index in [1.807, 2.05) is 67.6 Å². The molecule has 1 unspecified atom stereocenters. The van der Waals surface area contributed by atoms with Crippen LogP contribution in [0.5, 0.6) is 0 Å². The third-order valence-corrected chi connectivity index (χ3v) is 3.93. The van der Waals surface area contributed by atoms with E-state index >= 15 is 0 Å². The molecule has 0 bridgehead atoms. The molecule has 1 aliphatic rings. The number of aliphatic hydroxyl groups is 1. The van der Waals surface area contributed by atoms with Gasteiger partial charge >= 0.3 is 0 Å². The molecule has 21 heavy (non-hydrogen) atoms. The minimum Gasteiger partial charge on any atom is -0.363 e. The maximum Gasteiger partial charge on any atom is 0.249 e. The first-order valence-corrected chi connectivity index (χ1v) is 6.98. The average Bonchev–Trinajstić information content (AvgIpc) is 2.85. The highest BCUT2D eigenvalue weighted by molar-refractivity contribution is 5.91. The van der Waals surface area contributed by atoms with Crippen molar-refractivity contribution in [1.29, 1.82) is 0 Å².